The molecule has 0 N–H and O–H groups in total. The molecular formula is C27H32O8Si. The van der Waals surface area contributed by atoms with Crippen LogP contribution in [0.1, 0.15) is 48.7 Å². The molecule has 8 nitrogen and oxygen atoms in total. The zero-order valence-electron chi connectivity index (χ0n) is 21.9. The first kappa shape index (κ1) is 27.3. The molecule has 192 valence electrons. The Labute approximate surface area is 214 Å². The van der Waals surface area contributed by atoms with Crippen LogP contribution < -0.4 is 18.9 Å². The number of hydrogen-bond acceptors (Lipinski definition) is 8. The van der Waals surface area contributed by atoms with Gasteiger partial charge >= 0.3 is 5.97 Å². The molecule has 2 radical (unpaired) electrons. The number of ether oxygens (including phenoxy) is 5. The van der Waals surface area contributed by atoms with E-state index in [1.54, 1.807) is 24.3 Å². The van der Waals surface area contributed by atoms with Crippen LogP contribution in [0.5, 0.6) is 23.0 Å². The molecule has 0 spiro atoms. The Kier molecular flexibility index (Phi) is 8.47. The predicted molar refractivity (Wildman–Crippen MR) is 137 cm³/mol. The Morgan fingerprint density at radius 3 is 1.97 bits per heavy atom. The lowest BCUT2D eigenvalue weighted by Gasteiger charge is -2.22. The average Bonchev–Trinajstić information content (AvgIpc) is 3.20. The summed E-state index contributed by atoms with van der Waals surface area (Å²) in [5.41, 5.74) is 2.67. The number of carbonyl (C=O) groups excluding carboxylic acids is 2. The van der Waals surface area contributed by atoms with Crippen LogP contribution in [0.3, 0.4) is 0 Å². The van der Waals surface area contributed by atoms with E-state index in [4.69, 9.17) is 28.1 Å². The van der Waals surface area contributed by atoms with E-state index in [-0.39, 0.29) is 32.6 Å². The number of ketones is 1. The van der Waals surface area contributed by atoms with Crippen molar-refractivity contribution in [3.05, 3.63) is 47.0 Å². The number of methoxy groups -OCH3 is 5. The molecule has 0 amide bonds. The molecule has 1 aliphatic rings. The van der Waals surface area contributed by atoms with Gasteiger partial charge in [-0.2, -0.15) is 0 Å². The van der Waals surface area contributed by atoms with Gasteiger partial charge in [-0.15, -0.1) is 0 Å². The highest BCUT2D eigenvalue weighted by molar-refractivity contribution is 6.35. The molecule has 9 heteroatoms. The third-order valence-corrected chi connectivity index (χ3v) is 6.63. The van der Waals surface area contributed by atoms with Crippen LogP contribution in [-0.4, -0.2) is 63.2 Å². The van der Waals surface area contributed by atoms with E-state index in [1.807, 2.05) is 6.07 Å². The molecule has 0 aliphatic heterocycles. The first-order chi connectivity index (χ1) is 17.1. The first-order valence-electron chi connectivity index (χ1n) is 11.4. The van der Waals surface area contributed by atoms with Crippen LogP contribution >= 0.6 is 0 Å². The number of esters is 1. The maximum absolute atomic E-state index is 13.5. The Balaban J connectivity index is 2.29. The summed E-state index contributed by atoms with van der Waals surface area (Å²) in [4.78, 5) is 26.0. The minimum atomic E-state index is -0.540. The van der Waals surface area contributed by atoms with Crippen LogP contribution in [0.2, 0.25) is 5.04 Å². The minimum Gasteiger partial charge on any atom is -0.496 e. The van der Waals surface area contributed by atoms with Gasteiger partial charge in [-0.05, 0) is 46.0 Å². The van der Waals surface area contributed by atoms with E-state index in [9.17, 15) is 9.59 Å². The van der Waals surface area contributed by atoms with Gasteiger partial charge in [-0.1, -0.05) is 26.8 Å². The molecule has 2 aromatic carbocycles. The van der Waals surface area contributed by atoms with Gasteiger partial charge in [0.2, 0.25) is 15.5 Å². The summed E-state index contributed by atoms with van der Waals surface area (Å²) >= 11 is 0. The number of carbonyl (C=O) groups is 2. The molecular weight excluding hydrogens is 480 g/mol. The average molecular weight is 513 g/mol. The van der Waals surface area contributed by atoms with Gasteiger partial charge in [0.15, 0.2) is 17.3 Å². The van der Waals surface area contributed by atoms with Gasteiger partial charge in [-0.25, -0.2) is 4.79 Å². The van der Waals surface area contributed by atoms with E-state index in [1.165, 1.54) is 35.5 Å². The molecule has 0 saturated heterocycles. The Morgan fingerprint density at radius 1 is 0.861 bits per heavy atom. The highest BCUT2D eigenvalue weighted by atomic mass is 28.2. The van der Waals surface area contributed by atoms with Gasteiger partial charge < -0.3 is 28.1 Å². The van der Waals surface area contributed by atoms with Crippen molar-refractivity contribution >= 4 is 32.7 Å². The highest BCUT2D eigenvalue weighted by Crippen LogP contribution is 2.46. The topological polar surface area (TPSA) is 89.5 Å². The van der Waals surface area contributed by atoms with Crippen molar-refractivity contribution in [1.29, 1.82) is 0 Å². The van der Waals surface area contributed by atoms with Gasteiger partial charge in [-0.3, -0.25) is 4.79 Å². The van der Waals surface area contributed by atoms with Crippen molar-refractivity contribution in [3.8, 4) is 23.0 Å². The minimum absolute atomic E-state index is 0.0828. The summed E-state index contributed by atoms with van der Waals surface area (Å²) in [5, 5.41) is -0.0828. The van der Waals surface area contributed by atoms with Crippen LogP contribution in [-0.2, 0) is 14.0 Å². The zero-order chi connectivity index (χ0) is 26.6. The fraction of sp³-hybridized carbons (Fsp3) is 0.407. The van der Waals surface area contributed by atoms with Gasteiger partial charge in [0.25, 0.3) is 0 Å². The van der Waals surface area contributed by atoms with Crippen LogP contribution in [0.4, 0.5) is 0 Å². The second-order valence-electron chi connectivity index (χ2n) is 9.20. The van der Waals surface area contributed by atoms with Gasteiger partial charge in [0, 0.05) is 12.0 Å². The molecule has 0 heterocycles. The van der Waals surface area contributed by atoms with Crippen molar-refractivity contribution in [2.24, 2.45) is 0 Å². The van der Waals surface area contributed by atoms with E-state index in [2.05, 4.69) is 20.8 Å². The molecule has 0 bridgehead atoms. The first-order valence-corrected chi connectivity index (χ1v) is 12.3. The number of Topliss-reactive ketones (excluding diaryl/α,β-unsaturated/α-hetero) is 1. The van der Waals surface area contributed by atoms with Crippen LogP contribution in [0.15, 0.2) is 30.3 Å². The maximum atomic E-state index is 13.5. The summed E-state index contributed by atoms with van der Waals surface area (Å²) in [5.74, 6) is 1.03. The molecule has 0 fully saturated rings. The van der Waals surface area contributed by atoms with E-state index < -0.39 is 12.1 Å². The van der Waals surface area contributed by atoms with Crippen molar-refractivity contribution in [1.82, 2.24) is 0 Å². The number of benzene rings is 2. The predicted octanol–water partition coefficient (Wildman–Crippen LogP) is 4.61. The molecule has 1 unspecified atom stereocenters. The normalized spacial score (nSPS) is 15.7. The lowest BCUT2D eigenvalue weighted by Crippen LogP contribution is -2.21. The summed E-state index contributed by atoms with van der Waals surface area (Å²) in [7, 11) is 7.52. The monoisotopic (exact) mass is 512 g/mol. The van der Waals surface area contributed by atoms with Gasteiger partial charge in [0.1, 0.15) is 11.3 Å². The summed E-state index contributed by atoms with van der Waals surface area (Å²) in [6.07, 6.45) is -0.327. The molecule has 36 heavy (non-hydrogen) atoms. The van der Waals surface area contributed by atoms with Crippen LogP contribution in [0.25, 0.3) is 11.1 Å². The van der Waals surface area contributed by atoms with Crippen molar-refractivity contribution < 1.29 is 37.7 Å². The molecule has 3 rings (SSSR count). The quantitative estimate of drug-likeness (QED) is 0.355. The van der Waals surface area contributed by atoms with Crippen LogP contribution in [0, 0.1) is 0 Å². The van der Waals surface area contributed by atoms with Gasteiger partial charge in [0.05, 0.1) is 41.7 Å². The highest BCUT2D eigenvalue weighted by Gasteiger charge is 2.37. The maximum Gasteiger partial charge on any atom is 0.341 e. The Hall–Kier alpha value is -3.30. The van der Waals surface area contributed by atoms with Crippen molar-refractivity contribution in [3.63, 3.8) is 0 Å². The van der Waals surface area contributed by atoms with Crippen molar-refractivity contribution in [2.45, 2.75) is 38.3 Å². The molecule has 0 saturated carbocycles. The fourth-order valence-corrected chi connectivity index (χ4v) is 4.75. The SMILES string of the molecule is COC(=O)c1cc(C2=C(c3cc(OC)c(OC)c(OC)c3)C(=O)CC2O[Si]C(C)(C)C)ccc1OC. The third kappa shape index (κ3) is 5.57. The van der Waals surface area contributed by atoms with E-state index in [0.717, 1.165) is 0 Å². The third-order valence-electron chi connectivity index (χ3n) is 5.62. The molecule has 1 aliphatic carbocycles. The van der Waals surface area contributed by atoms with Crippen molar-refractivity contribution in [2.75, 3.05) is 35.5 Å². The summed E-state index contributed by atoms with van der Waals surface area (Å²) < 4.78 is 33.1. The zero-order valence-corrected chi connectivity index (χ0v) is 22.9. The van der Waals surface area contributed by atoms with E-state index in [0.29, 0.717) is 45.3 Å². The second-order valence-corrected chi connectivity index (χ2v) is 11.1. The van der Waals surface area contributed by atoms with E-state index >= 15 is 0 Å². The summed E-state index contributed by atoms with van der Waals surface area (Å²) in [6.45, 7) is 6.23. The summed E-state index contributed by atoms with van der Waals surface area (Å²) in [6, 6.07) is 8.66. The molecule has 1 atom stereocenters. The Morgan fingerprint density at radius 2 is 1.47 bits per heavy atom. The smallest absolute Gasteiger partial charge is 0.341 e. The lowest BCUT2D eigenvalue weighted by molar-refractivity contribution is -0.114. The number of rotatable bonds is 9. The largest absolute Gasteiger partial charge is 0.496 e. The standard InChI is InChI=1S/C27H32O8Si/c1-27(2,3)36-35-20-14-18(28)23(16-12-21(31-5)25(33-7)22(13-16)32-6)24(20)15-9-10-19(30-4)17(11-15)26(29)34-8/h9-13,20H,14H2,1-8H3. The molecule has 0 aromatic heterocycles. The fourth-order valence-electron chi connectivity index (χ4n) is 4.05. The second kappa shape index (κ2) is 11.2. The number of allylic oxidation sites excluding steroid dienone is 1. The molecule has 2 aromatic rings. The Bertz CT molecular complexity index is 1150. The number of hydrogen-bond donors (Lipinski definition) is 0. The lowest BCUT2D eigenvalue weighted by atomic mass is 9.94.